The molecular formula is C16H23ClN4O2. The highest BCUT2D eigenvalue weighted by Crippen LogP contribution is 2.29. The van der Waals surface area contributed by atoms with Crippen molar-refractivity contribution in [2.75, 3.05) is 45.0 Å². The second-order valence-corrected chi connectivity index (χ2v) is 6.51. The lowest BCUT2D eigenvalue weighted by atomic mass is 10.2. The SMILES string of the molecule is CN(C)C(=O)C1CCCN1C(=O)Nc1cc(Cl)ccc1N(C)C. The molecule has 7 heteroatoms. The number of halogens is 1. The summed E-state index contributed by atoms with van der Waals surface area (Å²) in [6.45, 7) is 0.577. The van der Waals surface area contributed by atoms with Crippen LogP contribution in [0.15, 0.2) is 18.2 Å². The van der Waals surface area contributed by atoms with Crippen molar-refractivity contribution >= 4 is 34.9 Å². The molecule has 0 radical (unpaired) electrons. The number of likely N-dealkylation sites (N-methyl/N-ethyl adjacent to an activating group) is 1. The molecule has 3 amide bonds. The average molecular weight is 339 g/mol. The van der Waals surface area contributed by atoms with E-state index in [0.717, 1.165) is 12.1 Å². The Balaban J connectivity index is 2.19. The van der Waals surface area contributed by atoms with Gasteiger partial charge in [-0.3, -0.25) is 4.79 Å². The third-order valence-electron chi connectivity index (χ3n) is 3.92. The van der Waals surface area contributed by atoms with Crippen LogP contribution in [0.5, 0.6) is 0 Å². The van der Waals surface area contributed by atoms with Crippen molar-refractivity contribution in [1.82, 2.24) is 9.80 Å². The molecule has 1 unspecified atom stereocenters. The summed E-state index contributed by atoms with van der Waals surface area (Å²) in [5.74, 6) is -0.0448. The summed E-state index contributed by atoms with van der Waals surface area (Å²) in [7, 11) is 7.20. The zero-order valence-electron chi connectivity index (χ0n) is 14.0. The summed E-state index contributed by atoms with van der Waals surface area (Å²) in [6.07, 6.45) is 1.52. The van der Waals surface area contributed by atoms with Gasteiger partial charge in [0.2, 0.25) is 5.91 Å². The number of urea groups is 1. The highest BCUT2D eigenvalue weighted by molar-refractivity contribution is 6.31. The third-order valence-corrected chi connectivity index (χ3v) is 4.16. The van der Waals surface area contributed by atoms with Gasteiger partial charge in [-0.2, -0.15) is 0 Å². The number of benzene rings is 1. The van der Waals surface area contributed by atoms with E-state index in [1.807, 2.05) is 25.1 Å². The van der Waals surface area contributed by atoms with E-state index in [-0.39, 0.29) is 11.9 Å². The summed E-state index contributed by atoms with van der Waals surface area (Å²) in [4.78, 5) is 29.9. The summed E-state index contributed by atoms with van der Waals surface area (Å²) in [5, 5.41) is 3.44. The normalized spacial score (nSPS) is 17.1. The summed E-state index contributed by atoms with van der Waals surface area (Å²) < 4.78 is 0. The molecule has 1 saturated heterocycles. The van der Waals surface area contributed by atoms with Crippen molar-refractivity contribution in [1.29, 1.82) is 0 Å². The molecule has 6 nitrogen and oxygen atoms in total. The summed E-state index contributed by atoms with van der Waals surface area (Å²) in [6, 6.07) is 4.68. The highest BCUT2D eigenvalue weighted by Gasteiger charge is 2.35. The van der Waals surface area contributed by atoms with Crippen LogP contribution in [0.4, 0.5) is 16.2 Å². The van der Waals surface area contributed by atoms with E-state index < -0.39 is 6.04 Å². The fourth-order valence-electron chi connectivity index (χ4n) is 2.75. The van der Waals surface area contributed by atoms with Gasteiger partial charge in [-0.25, -0.2) is 4.79 Å². The van der Waals surface area contributed by atoms with Crippen LogP contribution in [0.1, 0.15) is 12.8 Å². The first kappa shape index (κ1) is 17.4. The van der Waals surface area contributed by atoms with Crippen molar-refractivity contribution in [2.45, 2.75) is 18.9 Å². The summed E-state index contributed by atoms with van der Waals surface area (Å²) in [5.41, 5.74) is 1.49. The van der Waals surface area contributed by atoms with Crippen LogP contribution < -0.4 is 10.2 Å². The van der Waals surface area contributed by atoms with Gasteiger partial charge in [-0.05, 0) is 31.0 Å². The van der Waals surface area contributed by atoms with E-state index in [2.05, 4.69) is 5.32 Å². The van der Waals surface area contributed by atoms with Crippen molar-refractivity contribution in [3.05, 3.63) is 23.2 Å². The van der Waals surface area contributed by atoms with Crippen molar-refractivity contribution in [3.63, 3.8) is 0 Å². The zero-order valence-corrected chi connectivity index (χ0v) is 14.7. The molecule has 1 aromatic carbocycles. The van der Waals surface area contributed by atoms with Gasteiger partial charge in [0.15, 0.2) is 0 Å². The standard InChI is InChI=1S/C16H23ClN4O2/c1-19(2)13-8-7-11(17)10-12(13)18-16(23)21-9-5-6-14(21)15(22)20(3)4/h7-8,10,14H,5-6,9H2,1-4H3,(H,18,23). The molecule has 1 heterocycles. The Labute approximate surface area is 142 Å². The number of carbonyl (C=O) groups excluding carboxylic acids is 2. The average Bonchev–Trinajstić information content (AvgIpc) is 2.95. The summed E-state index contributed by atoms with van der Waals surface area (Å²) >= 11 is 6.04. The zero-order chi connectivity index (χ0) is 17.1. The van der Waals surface area contributed by atoms with Gasteiger partial charge < -0.3 is 20.0 Å². The minimum atomic E-state index is -0.396. The van der Waals surface area contributed by atoms with E-state index in [9.17, 15) is 9.59 Å². The molecule has 0 bridgehead atoms. The van der Waals surface area contributed by atoms with E-state index in [1.165, 1.54) is 4.90 Å². The molecular weight excluding hydrogens is 316 g/mol. The Bertz CT molecular complexity index is 604. The van der Waals surface area contributed by atoms with Crippen molar-refractivity contribution < 1.29 is 9.59 Å². The molecule has 1 aromatic rings. The van der Waals surface area contributed by atoms with E-state index in [0.29, 0.717) is 23.7 Å². The number of nitrogens with zero attached hydrogens (tertiary/aromatic N) is 3. The van der Waals surface area contributed by atoms with Crippen LogP contribution in [0, 0.1) is 0 Å². The van der Waals surface area contributed by atoms with Crippen LogP contribution in [0.3, 0.4) is 0 Å². The number of rotatable bonds is 3. The fourth-order valence-corrected chi connectivity index (χ4v) is 2.92. The molecule has 126 valence electrons. The Morgan fingerprint density at radius 1 is 1.26 bits per heavy atom. The quantitative estimate of drug-likeness (QED) is 0.921. The van der Waals surface area contributed by atoms with Crippen molar-refractivity contribution in [2.24, 2.45) is 0 Å². The van der Waals surface area contributed by atoms with Crippen LogP contribution in [0.25, 0.3) is 0 Å². The fraction of sp³-hybridized carbons (Fsp3) is 0.500. The molecule has 1 atom stereocenters. The first-order valence-electron chi connectivity index (χ1n) is 7.57. The predicted octanol–water partition coefficient (Wildman–Crippen LogP) is 2.49. The van der Waals surface area contributed by atoms with Gasteiger partial charge in [0.1, 0.15) is 6.04 Å². The Morgan fingerprint density at radius 2 is 1.96 bits per heavy atom. The third kappa shape index (κ3) is 3.88. The Hall–Kier alpha value is -1.95. The maximum Gasteiger partial charge on any atom is 0.322 e. The Kier molecular flexibility index (Phi) is 5.36. The van der Waals surface area contributed by atoms with Crippen LogP contribution in [0.2, 0.25) is 5.02 Å². The predicted molar refractivity (Wildman–Crippen MR) is 93.2 cm³/mol. The van der Waals surface area contributed by atoms with Crippen LogP contribution >= 0.6 is 11.6 Å². The molecule has 1 fully saturated rings. The lowest BCUT2D eigenvalue weighted by Gasteiger charge is -2.27. The van der Waals surface area contributed by atoms with Gasteiger partial charge in [-0.1, -0.05) is 11.6 Å². The second kappa shape index (κ2) is 7.08. The molecule has 1 N–H and O–H groups in total. The van der Waals surface area contributed by atoms with Gasteiger partial charge >= 0.3 is 6.03 Å². The first-order chi connectivity index (χ1) is 10.8. The smallest absolute Gasteiger partial charge is 0.322 e. The van der Waals surface area contributed by atoms with Crippen LogP contribution in [-0.4, -0.2) is 62.5 Å². The molecule has 2 rings (SSSR count). The monoisotopic (exact) mass is 338 g/mol. The molecule has 0 aromatic heterocycles. The molecule has 0 spiro atoms. The van der Waals surface area contributed by atoms with E-state index in [1.54, 1.807) is 31.1 Å². The minimum Gasteiger partial charge on any atom is -0.376 e. The number of carbonyl (C=O) groups is 2. The number of likely N-dealkylation sites (tertiary alicyclic amines) is 1. The molecule has 0 aliphatic carbocycles. The number of amides is 3. The lowest BCUT2D eigenvalue weighted by molar-refractivity contribution is -0.132. The van der Waals surface area contributed by atoms with E-state index in [4.69, 9.17) is 11.6 Å². The number of anilines is 2. The lowest BCUT2D eigenvalue weighted by Crippen LogP contribution is -2.47. The second-order valence-electron chi connectivity index (χ2n) is 6.07. The maximum atomic E-state index is 12.6. The first-order valence-corrected chi connectivity index (χ1v) is 7.94. The van der Waals surface area contributed by atoms with Gasteiger partial charge in [0.25, 0.3) is 0 Å². The number of nitrogens with one attached hydrogen (secondary N) is 1. The van der Waals surface area contributed by atoms with Crippen molar-refractivity contribution in [3.8, 4) is 0 Å². The Morgan fingerprint density at radius 3 is 2.57 bits per heavy atom. The molecule has 0 saturated carbocycles. The molecule has 1 aliphatic heterocycles. The van der Waals surface area contributed by atoms with E-state index >= 15 is 0 Å². The van der Waals surface area contributed by atoms with Gasteiger partial charge in [0.05, 0.1) is 11.4 Å². The van der Waals surface area contributed by atoms with Gasteiger partial charge in [0, 0.05) is 39.8 Å². The maximum absolute atomic E-state index is 12.6. The molecule has 1 aliphatic rings. The number of hydrogen-bond acceptors (Lipinski definition) is 3. The van der Waals surface area contributed by atoms with Crippen LogP contribution in [-0.2, 0) is 4.79 Å². The van der Waals surface area contributed by atoms with Gasteiger partial charge in [-0.15, -0.1) is 0 Å². The topological polar surface area (TPSA) is 55.9 Å². The molecule has 23 heavy (non-hydrogen) atoms. The largest absolute Gasteiger partial charge is 0.376 e. The highest BCUT2D eigenvalue weighted by atomic mass is 35.5. The number of hydrogen-bond donors (Lipinski definition) is 1. The minimum absolute atomic E-state index is 0.0448.